The zero-order chi connectivity index (χ0) is 21.3. The van der Waals surface area contributed by atoms with E-state index >= 15 is 0 Å². The van der Waals surface area contributed by atoms with Gasteiger partial charge in [-0.05, 0) is 32.0 Å². The summed E-state index contributed by atoms with van der Waals surface area (Å²) in [5, 5.41) is 9.15. The van der Waals surface area contributed by atoms with Crippen molar-refractivity contribution in [1.29, 1.82) is 5.26 Å². The highest BCUT2D eigenvalue weighted by atomic mass is 28.4. The van der Waals surface area contributed by atoms with Crippen molar-refractivity contribution in [2.45, 2.75) is 70.7 Å². The summed E-state index contributed by atoms with van der Waals surface area (Å²) in [6.45, 7) is 14.6. The lowest BCUT2D eigenvalue weighted by molar-refractivity contribution is -0.150. The van der Waals surface area contributed by atoms with Gasteiger partial charge in [-0.25, -0.2) is 8.78 Å². The fraction of sp³-hybridized carbons (Fsp3) is 0.650. The van der Waals surface area contributed by atoms with Gasteiger partial charge in [0.2, 0.25) is 0 Å². The number of benzene rings is 1. The molecule has 0 aliphatic carbocycles. The molecule has 0 spiro atoms. The van der Waals surface area contributed by atoms with E-state index in [9.17, 15) is 8.78 Å². The number of ether oxygens (including phenoxy) is 3. The summed E-state index contributed by atoms with van der Waals surface area (Å²) in [4.78, 5) is 0. The standard InChI is InChI=1S/C20H29F2NO4Si/c1-19(2,3)28(6,7)25-12-18-17(26-20(4,5)27-18)11-24-16-9-13(21)8-15(22)14(16)10-23/h8-9,17-18H,11-12H2,1-7H3/t17-,18-/m0/s1. The van der Waals surface area contributed by atoms with Gasteiger partial charge >= 0.3 is 0 Å². The molecule has 8 heteroatoms. The summed E-state index contributed by atoms with van der Waals surface area (Å²) in [6.07, 6.45) is -0.897. The van der Waals surface area contributed by atoms with Crippen LogP contribution in [-0.4, -0.2) is 39.5 Å². The molecular weight excluding hydrogens is 384 g/mol. The van der Waals surface area contributed by atoms with E-state index in [0.29, 0.717) is 12.7 Å². The van der Waals surface area contributed by atoms with E-state index in [1.165, 1.54) is 0 Å². The predicted molar refractivity (Wildman–Crippen MR) is 104 cm³/mol. The zero-order valence-electron chi connectivity index (χ0n) is 17.6. The van der Waals surface area contributed by atoms with Crippen molar-refractivity contribution in [2.75, 3.05) is 13.2 Å². The number of rotatable bonds is 6. The number of hydrogen-bond acceptors (Lipinski definition) is 5. The molecule has 1 saturated heterocycles. The van der Waals surface area contributed by atoms with Gasteiger partial charge in [0.05, 0.1) is 6.61 Å². The molecule has 1 aliphatic rings. The van der Waals surface area contributed by atoms with Crippen molar-refractivity contribution in [3.8, 4) is 11.8 Å². The molecule has 1 fully saturated rings. The van der Waals surface area contributed by atoms with Crippen LogP contribution in [0.4, 0.5) is 8.78 Å². The second kappa shape index (κ2) is 8.07. The van der Waals surface area contributed by atoms with E-state index in [0.717, 1.165) is 6.07 Å². The third-order valence-corrected chi connectivity index (χ3v) is 9.73. The molecule has 0 saturated carbocycles. The summed E-state index contributed by atoms with van der Waals surface area (Å²) >= 11 is 0. The molecule has 1 aromatic carbocycles. The van der Waals surface area contributed by atoms with Gasteiger partial charge in [0.25, 0.3) is 0 Å². The first kappa shape index (κ1) is 22.8. The SMILES string of the molecule is CC1(C)O[C@@H](COc2cc(F)cc(F)c2C#N)[C@H](CO[Si](C)(C)C(C)(C)C)O1. The first-order valence-electron chi connectivity index (χ1n) is 9.27. The summed E-state index contributed by atoms with van der Waals surface area (Å²) in [7, 11) is -1.98. The van der Waals surface area contributed by atoms with Gasteiger partial charge in [-0.15, -0.1) is 0 Å². The third kappa shape index (κ3) is 5.29. The van der Waals surface area contributed by atoms with Crippen LogP contribution in [0.15, 0.2) is 12.1 Å². The molecule has 5 nitrogen and oxygen atoms in total. The Bertz CT molecular complexity index is 756. The third-order valence-electron chi connectivity index (χ3n) is 5.23. The molecule has 2 atom stereocenters. The number of hydrogen-bond donors (Lipinski definition) is 0. The average molecular weight is 414 g/mol. The minimum absolute atomic E-state index is 0.0213. The molecule has 1 heterocycles. The molecule has 0 amide bonds. The van der Waals surface area contributed by atoms with Crippen molar-refractivity contribution in [2.24, 2.45) is 0 Å². The maximum Gasteiger partial charge on any atom is 0.192 e. The molecule has 0 N–H and O–H groups in total. The summed E-state index contributed by atoms with van der Waals surface area (Å²) in [5.74, 6) is -2.76. The van der Waals surface area contributed by atoms with Gasteiger partial charge < -0.3 is 18.6 Å². The zero-order valence-corrected chi connectivity index (χ0v) is 18.6. The van der Waals surface area contributed by atoms with E-state index in [4.69, 9.17) is 23.9 Å². The predicted octanol–water partition coefficient (Wildman–Crippen LogP) is 4.76. The summed E-state index contributed by atoms with van der Waals surface area (Å²) < 4.78 is 50.9. The van der Waals surface area contributed by atoms with Crippen LogP contribution in [0.5, 0.6) is 5.75 Å². The van der Waals surface area contributed by atoms with Crippen molar-refractivity contribution in [3.05, 3.63) is 29.3 Å². The molecule has 1 aromatic rings. The van der Waals surface area contributed by atoms with Crippen molar-refractivity contribution in [1.82, 2.24) is 0 Å². The monoisotopic (exact) mass is 413 g/mol. The van der Waals surface area contributed by atoms with E-state index in [2.05, 4.69) is 33.9 Å². The number of nitriles is 1. The molecule has 0 bridgehead atoms. The number of halogens is 2. The molecule has 1 aliphatic heterocycles. The highest BCUT2D eigenvalue weighted by molar-refractivity contribution is 6.74. The Labute approximate surface area is 166 Å². The van der Waals surface area contributed by atoms with Crippen LogP contribution in [0.2, 0.25) is 18.1 Å². The minimum atomic E-state index is -1.98. The lowest BCUT2D eigenvalue weighted by Crippen LogP contribution is -2.44. The van der Waals surface area contributed by atoms with E-state index in [1.807, 2.05) is 0 Å². The first-order chi connectivity index (χ1) is 12.8. The largest absolute Gasteiger partial charge is 0.489 e. The quantitative estimate of drug-likeness (QED) is 0.630. The first-order valence-corrected chi connectivity index (χ1v) is 12.2. The van der Waals surface area contributed by atoms with Crippen molar-refractivity contribution < 1.29 is 27.4 Å². The lowest BCUT2D eigenvalue weighted by atomic mass is 10.2. The van der Waals surface area contributed by atoms with Gasteiger partial charge in [0, 0.05) is 12.1 Å². The maximum atomic E-state index is 13.8. The van der Waals surface area contributed by atoms with Gasteiger partial charge in [-0.1, -0.05) is 20.8 Å². The van der Waals surface area contributed by atoms with Gasteiger partial charge in [0.1, 0.15) is 47.8 Å². The number of nitrogens with zero attached hydrogens (tertiary/aromatic N) is 1. The summed E-state index contributed by atoms with van der Waals surface area (Å²) in [6, 6.07) is 3.34. The van der Waals surface area contributed by atoms with E-state index in [1.54, 1.807) is 19.9 Å². The Morgan fingerprint density at radius 3 is 2.25 bits per heavy atom. The summed E-state index contributed by atoms with van der Waals surface area (Å²) in [5.41, 5.74) is -0.339. The molecule has 156 valence electrons. The Hall–Kier alpha value is -1.53. The van der Waals surface area contributed by atoms with Gasteiger partial charge in [-0.2, -0.15) is 5.26 Å². The smallest absolute Gasteiger partial charge is 0.192 e. The lowest BCUT2D eigenvalue weighted by Gasteiger charge is -2.37. The average Bonchev–Trinajstić information content (AvgIpc) is 2.83. The van der Waals surface area contributed by atoms with Gasteiger partial charge in [0.15, 0.2) is 14.1 Å². The highest BCUT2D eigenvalue weighted by Gasteiger charge is 2.44. The Morgan fingerprint density at radius 1 is 1.14 bits per heavy atom. The molecule has 0 unspecified atom stereocenters. The van der Waals surface area contributed by atoms with Crippen LogP contribution >= 0.6 is 0 Å². The Kier molecular flexibility index (Phi) is 6.56. The topological polar surface area (TPSA) is 60.7 Å². The van der Waals surface area contributed by atoms with Crippen LogP contribution in [-0.2, 0) is 13.9 Å². The van der Waals surface area contributed by atoms with Crippen LogP contribution in [0.25, 0.3) is 0 Å². The molecular formula is C20H29F2NO4Si. The van der Waals surface area contributed by atoms with Gasteiger partial charge in [-0.3, -0.25) is 0 Å². The van der Waals surface area contributed by atoms with E-state index in [-0.39, 0.29) is 23.0 Å². The second-order valence-corrected chi connectivity index (χ2v) is 13.8. The molecule has 0 aromatic heterocycles. The molecule has 0 radical (unpaired) electrons. The minimum Gasteiger partial charge on any atom is -0.489 e. The Morgan fingerprint density at radius 2 is 1.71 bits per heavy atom. The van der Waals surface area contributed by atoms with Crippen LogP contribution in [0.1, 0.15) is 40.2 Å². The second-order valence-electron chi connectivity index (χ2n) is 8.97. The van der Waals surface area contributed by atoms with E-state index < -0.39 is 37.9 Å². The fourth-order valence-corrected chi connectivity index (χ4v) is 3.66. The van der Waals surface area contributed by atoms with Crippen LogP contribution in [0, 0.1) is 23.0 Å². The van der Waals surface area contributed by atoms with Crippen LogP contribution < -0.4 is 4.74 Å². The molecule has 2 rings (SSSR count). The highest BCUT2D eigenvalue weighted by Crippen LogP contribution is 2.38. The van der Waals surface area contributed by atoms with Crippen molar-refractivity contribution in [3.63, 3.8) is 0 Å². The normalized spacial score (nSPS) is 22.1. The van der Waals surface area contributed by atoms with Crippen molar-refractivity contribution >= 4 is 8.32 Å². The van der Waals surface area contributed by atoms with Crippen LogP contribution in [0.3, 0.4) is 0 Å². The fourth-order valence-electron chi connectivity index (χ4n) is 2.64. The molecule has 28 heavy (non-hydrogen) atoms. The maximum absolute atomic E-state index is 13.8. The Balaban J connectivity index is 2.10.